The Balaban J connectivity index is 2.58. The second-order valence-corrected chi connectivity index (χ2v) is 4.89. The van der Waals surface area contributed by atoms with E-state index in [0.717, 1.165) is 5.56 Å². The number of nitrogens with two attached hydrogens (primary N) is 1. The van der Waals surface area contributed by atoms with E-state index < -0.39 is 0 Å². The maximum Gasteiger partial charge on any atom is 0.258 e. The summed E-state index contributed by atoms with van der Waals surface area (Å²) in [4.78, 5) is 11.7. The summed E-state index contributed by atoms with van der Waals surface area (Å²) in [7, 11) is 1.59. The predicted molar refractivity (Wildman–Crippen MR) is 79.2 cm³/mol. The molecule has 0 aromatic heterocycles. The first-order valence-electron chi connectivity index (χ1n) is 6.47. The summed E-state index contributed by atoms with van der Waals surface area (Å²) in [6.45, 7) is 2.72. The molecule has 0 saturated heterocycles. The summed E-state index contributed by atoms with van der Waals surface area (Å²) in [5.41, 5.74) is 6.44. The highest BCUT2D eigenvalue weighted by molar-refractivity contribution is 6.32. The molecular weight excluding hydrogens is 280 g/mol. The van der Waals surface area contributed by atoms with Gasteiger partial charge in [-0.1, -0.05) is 23.7 Å². The Bertz CT molecular complexity index is 440. The SMILES string of the molecule is COCC(C)NC(=O)COc1c(Cl)cccc1CCN. The number of benzene rings is 1. The third kappa shape index (κ3) is 5.36. The van der Waals surface area contributed by atoms with Crippen LogP contribution < -0.4 is 15.8 Å². The number of carbonyl (C=O) groups excluding carboxylic acids is 1. The summed E-state index contributed by atoms with van der Waals surface area (Å²) >= 11 is 6.09. The number of para-hydroxylation sites is 1. The van der Waals surface area contributed by atoms with Crippen molar-refractivity contribution in [3.05, 3.63) is 28.8 Å². The van der Waals surface area contributed by atoms with Crippen molar-refractivity contribution < 1.29 is 14.3 Å². The molecule has 1 unspecified atom stereocenters. The van der Waals surface area contributed by atoms with Crippen LogP contribution in [0.5, 0.6) is 5.75 Å². The van der Waals surface area contributed by atoms with Crippen molar-refractivity contribution in [2.24, 2.45) is 5.73 Å². The lowest BCUT2D eigenvalue weighted by Crippen LogP contribution is -2.38. The van der Waals surface area contributed by atoms with Crippen molar-refractivity contribution in [2.45, 2.75) is 19.4 Å². The van der Waals surface area contributed by atoms with Gasteiger partial charge in [-0.2, -0.15) is 0 Å². The topological polar surface area (TPSA) is 73.6 Å². The minimum absolute atomic E-state index is 0.0640. The number of methoxy groups -OCH3 is 1. The van der Waals surface area contributed by atoms with Crippen molar-refractivity contribution in [2.75, 3.05) is 26.9 Å². The molecule has 0 aliphatic heterocycles. The lowest BCUT2D eigenvalue weighted by molar-refractivity contribution is -0.124. The molecule has 3 N–H and O–H groups in total. The van der Waals surface area contributed by atoms with Crippen molar-refractivity contribution in [1.82, 2.24) is 5.32 Å². The van der Waals surface area contributed by atoms with Crippen LogP contribution in [0.3, 0.4) is 0 Å². The number of ether oxygens (including phenoxy) is 2. The number of amides is 1. The molecule has 1 aromatic rings. The Labute approximate surface area is 124 Å². The van der Waals surface area contributed by atoms with Crippen LogP contribution in [-0.2, 0) is 16.0 Å². The Kier molecular flexibility index (Phi) is 7.36. The van der Waals surface area contributed by atoms with Gasteiger partial charge in [0.15, 0.2) is 6.61 Å². The van der Waals surface area contributed by atoms with Crippen LogP contribution in [0.15, 0.2) is 18.2 Å². The monoisotopic (exact) mass is 300 g/mol. The van der Waals surface area contributed by atoms with Crippen LogP contribution in [0.1, 0.15) is 12.5 Å². The van der Waals surface area contributed by atoms with Crippen molar-refractivity contribution in [1.29, 1.82) is 0 Å². The minimum Gasteiger partial charge on any atom is -0.482 e. The molecule has 20 heavy (non-hydrogen) atoms. The third-order valence-electron chi connectivity index (χ3n) is 2.63. The van der Waals surface area contributed by atoms with Gasteiger partial charge in [0.05, 0.1) is 11.6 Å². The Hall–Kier alpha value is -1.30. The number of halogens is 1. The summed E-state index contributed by atoms with van der Waals surface area (Å²) in [5.74, 6) is 0.308. The highest BCUT2D eigenvalue weighted by atomic mass is 35.5. The second-order valence-electron chi connectivity index (χ2n) is 4.48. The zero-order valence-electron chi connectivity index (χ0n) is 11.8. The summed E-state index contributed by atoms with van der Waals surface area (Å²) in [6, 6.07) is 5.38. The van der Waals surface area contributed by atoms with Crippen LogP contribution in [0, 0.1) is 0 Å². The predicted octanol–water partition coefficient (Wildman–Crippen LogP) is 1.37. The van der Waals surface area contributed by atoms with Crippen LogP contribution in [0.25, 0.3) is 0 Å². The maximum absolute atomic E-state index is 11.7. The van der Waals surface area contributed by atoms with Crippen LogP contribution >= 0.6 is 11.6 Å². The smallest absolute Gasteiger partial charge is 0.258 e. The van der Waals surface area contributed by atoms with Gasteiger partial charge in [-0.05, 0) is 31.5 Å². The van der Waals surface area contributed by atoms with E-state index in [1.807, 2.05) is 19.1 Å². The average Bonchev–Trinajstić information content (AvgIpc) is 2.38. The van der Waals surface area contributed by atoms with Gasteiger partial charge in [0.1, 0.15) is 5.75 Å². The molecular formula is C14H21ClN2O3. The number of hydrogen-bond acceptors (Lipinski definition) is 4. The first kappa shape index (κ1) is 16.8. The average molecular weight is 301 g/mol. The fraction of sp³-hybridized carbons (Fsp3) is 0.500. The summed E-state index contributed by atoms with van der Waals surface area (Å²) in [5, 5.41) is 3.25. The molecule has 0 fully saturated rings. The van der Waals surface area contributed by atoms with E-state index in [9.17, 15) is 4.79 Å². The highest BCUT2D eigenvalue weighted by Crippen LogP contribution is 2.28. The van der Waals surface area contributed by atoms with Crippen LogP contribution in [0.2, 0.25) is 5.02 Å². The molecule has 1 amide bonds. The molecule has 0 saturated carbocycles. The number of hydrogen-bond donors (Lipinski definition) is 2. The molecule has 1 rings (SSSR count). The normalized spacial score (nSPS) is 12.0. The lowest BCUT2D eigenvalue weighted by Gasteiger charge is -2.15. The molecule has 5 nitrogen and oxygen atoms in total. The Morgan fingerprint density at radius 2 is 2.25 bits per heavy atom. The quantitative estimate of drug-likeness (QED) is 0.760. The lowest BCUT2D eigenvalue weighted by atomic mass is 10.1. The largest absolute Gasteiger partial charge is 0.482 e. The minimum atomic E-state index is -0.215. The number of rotatable bonds is 8. The van der Waals surface area contributed by atoms with E-state index in [4.69, 9.17) is 26.8 Å². The third-order valence-corrected chi connectivity index (χ3v) is 2.93. The van der Waals surface area contributed by atoms with Crippen LogP contribution in [-0.4, -0.2) is 38.8 Å². The molecule has 0 spiro atoms. The zero-order valence-corrected chi connectivity index (χ0v) is 12.6. The molecule has 6 heteroatoms. The fourth-order valence-electron chi connectivity index (χ4n) is 1.81. The second kappa shape index (κ2) is 8.79. The van der Waals surface area contributed by atoms with Gasteiger partial charge in [-0.25, -0.2) is 0 Å². The molecule has 0 bridgehead atoms. The van der Waals surface area contributed by atoms with E-state index in [-0.39, 0.29) is 18.6 Å². The first-order chi connectivity index (χ1) is 9.58. The number of carbonyl (C=O) groups is 1. The molecule has 0 heterocycles. The van der Waals surface area contributed by atoms with Crippen molar-refractivity contribution >= 4 is 17.5 Å². The van der Waals surface area contributed by atoms with Gasteiger partial charge >= 0.3 is 0 Å². The molecule has 1 aromatic carbocycles. The van der Waals surface area contributed by atoms with Crippen molar-refractivity contribution in [3.8, 4) is 5.75 Å². The van der Waals surface area contributed by atoms with Gasteiger partial charge in [0.2, 0.25) is 0 Å². The molecule has 0 aliphatic rings. The van der Waals surface area contributed by atoms with E-state index in [1.54, 1.807) is 13.2 Å². The Morgan fingerprint density at radius 1 is 1.50 bits per heavy atom. The van der Waals surface area contributed by atoms with Gasteiger partial charge in [0.25, 0.3) is 5.91 Å². The van der Waals surface area contributed by atoms with Gasteiger partial charge in [-0.15, -0.1) is 0 Å². The van der Waals surface area contributed by atoms with Crippen LogP contribution in [0.4, 0.5) is 0 Å². The number of nitrogens with one attached hydrogen (secondary N) is 1. The van der Waals surface area contributed by atoms with Crippen molar-refractivity contribution in [3.63, 3.8) is 0 Å². The molecule has 112 valence electrons. The van der Waals surface area contributed by atoms with E-state index in [2.05, 4.69) is 5.32 Å². The van der Waals surface area contributed by atoms with Gasteiger partial charge in [0, 0.05) is 13.2 Å². The highest BCUT2D eigenvalue weighted by Gasteiger charge is 2.12. The standard InChI is InChI=1S/C14H21ClN2O3/c1-10(8-19-2)17-13(18)9-20-14-11(6-7-16)4-3-5-12(14)15/h3-5,10H,6-9,16H2,1-2H3,(H,17,18). The molecule has 0 radical (unpaired) electrons. The summed E-state index contributed by atoms with van der Waals surface area (Å²) < 4.78 is 10.5. The van der Waals surface area contributed by atoms with E-state index >= 15 is 0 Å². The fourth-order valence-corrected chi connectivity index (χ4v) is 2.06. The first-order valence-corrected chi connectivity index (χ1v) is 6.84. The van der Waals surface area contributed by atoms with Gasteiger partial charge < -0.3 is 20.5 Å². The summed E-state index contributed by atoms with van der Waals surface area (Å²) in [6.07, 6.45) is 0.650. The van der Waals surface area contributed by atoms with E-state index in [1.165, 1.54) is 0 Å². The van der Waals surface area contributed by atoms with Gasteiger partial charge in [-0.3, -0.25) is 4.79 Å². The molecule has 0 aliphatic carbocycles. The van der Waals surface area contributed by atoms with E-state index in [0.29, 0.717) is 30.3 Å². The zero-order chi connectivity index (χ0) is 15.0. The maximum atomic E-state index is 11.7. The molecule has 1 atom stereocenters. The Morgan fingerprint density at radius 3 is 2.90 bits per heavy atom.